The standard InChI is InChI=1S/C23H23FN6OS/c1-2-3-6-16-9-11-18(12-10-16)27-20(31)14-32-23-21-22(25-15-26-23)30(29-28-21)13-17-7-4-5-8-19(17)24/h4-5,7-12,15H,2-3,6,13-14H2,1H3,(H,27,31). The number of anilines is 1. The lowest BCUT2D eigenvalue weighted by Crippen LogP contribution is -2.14. The molecule has 7 nitrogen and oxygen atoms in total. The molecule has 1 amide bonds. The van der Waals surface area contributed by atoms with Gasteiger partial charge >= 0.3 is 0 Å². The monoisotopic (exact) mass is 450 g/mol. The molecule has 1 N–H and O–H groups in total. The highest BCUT2D eigenvalue weighted by Crippen LogP contribution is 2.23. The Balaban J connectivity index is 1.39. The van der Waals surface area contributed by atoms with Gasteiger partial charge < -0.3 is 5.32 Å². The number of aromatic nitrogens is 5. The van der Waals surface area contributed by atoms with Gasteiger partial charge in [-0.15, -0.1) is 5.10 Å². The topological polar surface area (TPSA) is 85.6 Å². The van der Waals surface area contributed by atoms with Crippen LogP contribution in [0.2, 0.25) is 0 Å². The van der Waals surface area contributed by atoms with E-state index in [9.17, 15) is 9.18 Å². The summed E-state index contributed by atoms with van der Waals surface area (Å²) in [7, 11) is 0. The fourth-order valence-electron chi connectivity index (χ4n) is 3.24. The van der Waals surface area contributed by atoms with Crippen molar-refractivity contribution in [3.63, 3.8) is 0 Å². The summed E-state index contributed by atoms with van der Waals surface area (Å²) in [4.78, 5) is 20.9. The van der Waals surface area contributed by atoms with Crippen LogP contribution in [-0.2, 0) is 17.8 Å². The minimum Gasteiger partial charge on any atom is -0.325 e. The van der Waals surface area contributed by atoms with Gasteiger partial charge in [-0.05, 0) is 36.6 Å². The number of hydrogen-bond donors (Lipinski definition) is 1. The van der Waals surface area contributed by atoms with E-state index in [0.29, 0.717) is 21.8 Å². The van der Waals surface area contributed by atoms with Gasteiger partial charge in [0.05, 0.1) is 12.3 Å². The number of fused-ring (bicyclic) bond motifs is 1. The van der Waals surface area contributed by atoms with E-state index < -0.39 is 0 Å². The lowest BCUT2D eigenvalue weighted by atomic mass is 10.1. The Morgan fingerprint density at radius 2 is 1.94 bits per heavy atom. The third-order valence-corrected chi connectivity index (χ3v) is 5.92. The maximum atomic E-state index is 14.0. The number of carbonyl (C=O) groups excluding carboxylic acids is 1. The molecule has 4 rings (SSSR count). The Morgan fingerprint density at radius 3 is 2.72 bits per heavy atom. The number of halogens is 1. The normalized spacial score (nSPS) is 11.1. The SMILES string of the molecule is CCCCc1ccc(NC(=O)CSc2ncnc3c2nnn3Cc2ccccc2F)cc1. The number of benzene rings is 2. The number of hydrogen-bond acceptors (Lipinski definition) is 6. The second kappa shape index (κ2) is 10.3. The average molecular weight is 451 g/mol. The van der Waals surface area contributed by atoms with Crippen LogP contribution in [0.5, 0.6) is 0 Å². The molecule has 0 atom stereocenters. The van der Waals surface area contributed by atoms with Crippen molar-refractivity contribution in [1.29, 1.82) is 0 Å². The average Bonchev–Trinajstić information content (AvgIpc) is 3.22. The number of nitrogens with zero attached hydrogens (tertiary/aromatic N) is 5. The van der Waals surface area contributed by atoms with Crippen LogP contribution in [-0.4, -0.2) is 36.6 Å². The van der Waals surface area contributed by atoms with E-state index in [1.165, 1.54) is 34.4 Å². The maximum absolute atomic E-state index is 14.0. The molecule has 0 saturated carbocycles. The first-order valence-electron chi connectivity index (χ1n) is 10.4. The van der Waals surface area contributed by atoms with Gasteiger partial charge in [0.1, 0.15) is 17.2 Å². The molecule has 0 radical (unpaired) electrons. The van der Waals surface area contributed by atoms with Crippen LogP contribution in [0.4, 0.5) is 10.1 Å². The number of unbranched alkanes of at least 4 members (excludes halogenated alkanes) is 1. The van der Waals surface area contributed by atoms with Crippen molar-refractivity contribution in [3.8, 4) is 0 Å². The van der Waals surface area contributed by atoms with Gasteiger partial charge in [-0.2, -0.15) is 0 Å². The third-order valence-electron chi connectivity index (χ3n) is 4.94. The molecular formula is C23H23FN6OS. The van der Waals surface area contributed by atoms with Crippen LogP contribution in [0.1, 0.15) is 30.9 Å². The fraction of sp³-hybridized carbons (Fsp3) is 0.261. The molecule has 2 aromatic heterocycles. The van der Waals surface area contributed by atoms with Gasteiger partial charge in [-0.1, -0.05) is 60.7 Å². The maximum Gasteiger partial charge on any atom is 0.234 e. The summed E-state index contributed by atoms with van der Waals surface area (Å²) in [5.74, 6) is -0.277. The predicted molar refractivity (Wildman–Crippen MR) is 123 cm³/mol. The van der Waals surface area contributed by atoms with Crippen molar-refractivity contribution in [2.24, 2.45) is 0 Å². The van der Waals surface area contributed by atoms with E-state index in [-0.39, 0.29) is 24.0 Å². The molecule has 0 spiro atoms. The first-order chi connectivity index (χ1) is 15.6. The van der Waals surface area contributed by atoms with Crippen molar-refractivity contribution in [2.75, 3.05) is 11.1 Å². The fourth-order valence-corrected chi connectivity index (χ4v) is 3.97. The summed E-state index contributed by atoms with van der Waals surface area (Å²) in [6.07, 6.45) is 4.75. The lowest BCUT2D eigenvalue weighted by Gasteiger charge is -2.07. The van der Waals surface area contributed by atoms with E-state index in [1.54, 1.807) is 18.2 Å². The van der Waals surface area contributed by atoms with Crippen LogP contribution in [0, 0.1) is 5.82 Å². The summed E-state index contributed by atoms with van der Waals surface area (Å²) < 4.78 is 15.5. The molecule has 32 heavy (non-hydrogen) atoms. The van der Waals surface area contributed by atoms with Crippen molar-refractivity contribution in [2.45, 2.75) is 37.8 Å². The van der Waals surface area contributed by atoms with Crippen LogP contribution >= 0.6 is 11.8 Å². The highest BCUT2D eigenvalue weighted by Gasteiger charge is 2.15. The molecule has 0 aliphatic carbocycles. The second-order valence-corrected chi connectivity index (χ2v) is 8.29. The number of amides is 1. The van der Waals surface area contributed by atoms with Crippen LogP contribution in [0.15, 0.2) is 59.9 Å². The van der Waals surface area contributed by atoms with Gasteiger partial charge in [-0.25, -0.2) is 19.0 Å². The number of carbonyl (C=O) groups is 1. The highest BCUT2D eigenvalue weighted by atomic mass is 32.2. The Labute approximate surface area is 189 Å². The van der Waals surface area contributed by atoms with Gasteiger partial charge in [0.25, 0.3) is 0 Å². The quantitative estimate of drug-likeness (QED) is 0.299. The second-order valence-electron chi connectivity index (χ2n) is 7.33. The molecule has 9 heteroatoms. The molecule has 0 aliphatic rings. The molecule has 4 aromatic rings. The molecular weight excluding hydrogens is 427 g/mol. The molecule has 0 unspecified atom stereocenters. The number of aryl methyl sites for hydroxylation is 1. The largest absolute Gasteiger partial charge is 0.325 e. The van der Waals surface area contributed by atoms with Crippen molar-refractivity contribution in [1.82, 2.24) is 25.0 Å². The molecule has 0 fully saturated rings. The van der Waals surface area contributed by atoms with Gasteiger partial charge in [-0.3, -0.25) is 4.79 Å². The number of nitrogens with one attached hydrogen (secondary N) is 1. The van der Waals surface area contributed by atoms with Crippen molar-refractivity contribution < 1.29 is 9.18 Å². The Hall–Kier alpha value is -3.33. The summed E-state index contributed by atoms with van der Waals surface area (Å²) >= 11 is 1.26. The van der Waals surface area contributed by atoms with E-state index in [2.05, 4.69) is 32.5 Å². The van der Waals surface area contributed by atoms with E-state index in [1.807, 2.05) is 24.3 Å². The Kier molecular flexibility index (Phi) is 7.06. The first-order valence-corrected chi connectivity index (χ1v) is 11.4. The zero-order valence-electron chi connectivity index (χ0n) is 17.7. The number of rotatable bonds is 9. The first kappa shape index (κ1) is 21.9. The van der Waals surface area contributed by atoms with Crippen molar-refractivity contribution in [3.05, 3.63) is 71.8 Å². The van der Waals surface area contributed by atoms with Gasteiger partial charge in [0.15, 0.2) is 11.2 Å². The lowest BCUT2D eigenvalue weighted by molar-refractivity contribution is -0.113. The summed E-state index contributed by atoms with van der Waals surface area (Å²) in [5, 5.41) is 11.7. The highest BCUT2D eigenvalue weighted by molar-refractivity contribution is 8.00. The van der Waals surface area contributed by atoms with Crippen LogP contribution < -0.4 is 5.32 Å². The molecule has 2 aromatic carbocycles. The molecule has 164 valence electrons. The zero-order valence-corrected chi connectivity index (χ0v) is 18.5. The third kappa shape index (κ3) is 5.28. The molecule has 2 heterocycles. The molecule has 0 bridgehead atoms. The smallest absolute Gasteiger partial charge is 0.234 e. The van der Waals surface area contributed by atoms with Crippen LogP contribution in [0.3, 0.4) is 0 Å². The summed E-state index contributed by atoms with van der Waals surface area (Å²) in [5.41, 5.74) is 3.50. The molecule has 0 aliphatic heterocycles. The Morgan fingerprint density at radius 1 is 1.12 bits per heavy atom. The minimum absolute atomic E-state index is 0.137. The van der Waals surface area contributed by atoms with Crippen LogP contribution in [0.25, 0.3) is 11.2 Å². The van der Waals surface area contributed by atoms with E-state index in [4.69, 9.17) is 0 Å². The van der Waals surface area contributed by atoms with E-state index in [0.717, 1.165) is 24.9 Å². The summed E-state index contributed by atoms with van der Waals surface area (Å²) in [6, 6.07) is 14.4. The minimum atomic E-state index is -0.310. The predicted octanol–water partition coefficient (Wildman–Crippen LogP) is 4.48. The number of thioether (sulfide) groups is 1. The van der Waals surface area contributed by atoms with E-state index >= 15 is 0 Å². The summed E-state index contributed by atoms with van der Waals surface area (Å²) in [6.45, 7) is 2.38. The molecule has 0 saturated heterocycles. The van der Waals surface area contributed by atoms with Crippen molar-refractivity contribution >= 4 is 34.5 Å². The van der Waals surface area contributed by atoms with Gasteiger partial charge in [0, 0.05) is 11.3 Å². The van der Waals surface area contributed by atoms with Gasteiger partial charge in [0.2, 0.25) is 5.91 Å². The zero-order chi connectivity index (χ0) is 22.3. The Bertz CT molecular complexity index is 1210.